The van der Waals surface area contributed by atoms with Gasteiger partial charge in [0.05, 0.1) is 22.8 Å². The van der Waals surface area contributed by atoms with Gasteiger partial charge in [-0.3, -0.25) is 9.78 Å². The molecule has 1 atom stereocenters. The van der Waals surface area contributed by atoms with E-state index in [1.54, 1.807) is 0 Å². The van der Waals surface area contributed by atoms with E-state index in [1.807, 2.05) is 54.3 Å². The molecule has 25 heavy (non-hydrogen) atoms. The first kappa shape index (κ1) is 16.1. The third-order valence-electron chi connectivity index (χ3n) is 4.90. The third kappa shape index (κ3) is 3.00. The van der Waals surface area contributed by atoms with Gasteiger partial charge in [0.2, 0.25) is 0 Å². The first-order chi connectivity index (χ1) is 12.1. The zero-order valence-corrected chi connectivity index (χ0v) is 14.8. The minimum absolute atomic E-state index is 0.0539. The third-order valence-corrected chi connectivity index (χ3v) is 5.13. The van der Waals surface area contributed by atoms with Crippen LogP contribution in [0.25, 0.3) is 10.9 Å². The Bertz CT molecular complexity index is 939. The number of halogens is 1. The fourth-order valence-corrected chi connectivity index (χ4v) is 3.83. The van der Waals surface area contributed by atoms with Crippen LogP contribution < -0.4 is 0 Å². The van der Waals surface area contributed by atoms with E-state index in [0.29, 0.717) is 10.6 Å². The maximum Gasteiger partial charge on any atom is 0.256 e. The molecule has 0 aliphatic carbocycles. The summed E-state index contributed by atoms with van der Waals surface area (Å²) in [6.07, 6.45) is 2.03. The Balaban J connectivity index is 1.72. The number of carbonyl (C=O) groups is 1. The number of rotatable bonds is 2. The van der Waals surface area contributed by atoms with Gasteiger partial charge in [-0.25, -0.2) is 0 Å². The average Bonchev–Trinajstić information content (AvgIpc) is 3.11. The Morgan fingerprint density at radius 2 is 1.96 bits per heavy atom. The van der Waals surface area contributed by atoms with Gasteiger partial charge in [0.25, 0.3) is 5.91 Å². The van der Waals surface area contributed by atoms with E-state index in [-0.39, 0.29) is 11.9 Å². The molecule has 2 aromatic carbocycles. The summed E-state index contributed by atoms with van der Waals surface area (Å²) in [5, 5.41) is 1.55. The van der Waals surface area contributed by atoms with Crippen molar-refractivity contribution in [3.63, 3.8) is 0 Å². The summed E-state index contributed by atoms with van der Waals surface area (Å²) in [6.45, 7) is 2.68. The Morgan fingerprint density at radius 1 is 1.16 bits per heavy atom. The summed E-state index contributed by atoms with van der Waals surface area (Å²) in [7, 11) is 0. The van der Waals surface area contributed by atoms with Crippen LogP contribution in [-0.4, -0.2) is 22.3 Å². The fraction of sp³-hybridized carbons (Fsp3) is 0.238. The predicted molar refractivity (Wildman–Crippen MR) is 101 cm³/mol. The monoisotopic (exact) mass is 350 g/mol. The molecule has 2 heterocycles. The zero-order valence-electron chi connectivity index (χ0n) is 14.1. The molecule has 1 aliphatic heterocycles. The minimum atomic E-state index is 0.0539. The van der Waals surface area contributed by atoms with E-state index in [1.165, 1.54) is 5.56 Å². The number of pyridine rings is 1. The topological polar surface area (TPSA) is 33.2 Å². The predicted octanol–water partition coefficient (Wildman–Crippen LogP) is 5.17. The van der Waals surface area contributed by atoms with Crippen molar-refractivity contribution in [1.82, 2.24) is 9.88 Å². The zero-order chi connectivity index (χ0) is 17.4. The van der Waals surface area contributed by atoms with Crippen molar-refractivity contribution in [2.45, 2.75) is 25.8 Å². The van der Waals surface area contributed by atoms with E-state index >= 15 is 0 Å². The minimum Gasteiger partial charge on any atom is -0.332 e. The molecule has 1 aliphatic rings. The highest BCUT2D eigenvalue weighted by Crippen LogP contribution is 2.33. The number of hydrogen-bond acceptors (Lipinski definition) is 2. The molecule has 3 nitrogen and oxygen atoms in total. The standard InChI is InChI=1S/C21H19ClN2O/c1-14-18(13-16-12-17(22)9-10-19(16)23-14)21(25)24-11-5-8-20(24)15-6-3-2-4-7-15/h2-4,6-7,9-10,12-13,20H,5,8,11H2,1H3/t20-/m1/s1. The summed E-state index contributed by atoms with van der Waals surface area (Å²) in [4.78, 5) is 19.8. The lowest BCUT2D eigenvalue weighted by atomic mass is 10.0. The van der Waals surface area contributed by atoms with Crippen LogP contribution in [0.5, 0.6) is 0 Å². The summed E-state index contributed by atoms with van der Waals surface area (Å²) in [5.74, 6) is 0.0539. The quantitative estimate of drug-likeness (QED) is 0.638. The van der Waals surface area contributed by atoms with Gasteiger partial charge in [-0.1, -0.05) is 41.9 Å². The molecule has 0 radical (unpaired) electrons. The van der Waals surface area contributed by atoms with Crippen molar-refractivity contribution >= 4 is 28.4 Å². The molecule has 0 spiro atoms. The van der Waals surface area contributed by atoms with Crippen molar-refractivity contribution < 1.29 is 4.79 Å². The molecular weight excluding hydrogens is 332 g/mol. The second-order valence-corrected chi connectivity index (χ2v) is 6.96. The van der Waals surface area contributed by atoms with Crippen molar-refractivity contribution in [2.24, 2.45) is 0 Å². The number of aromatic nitrogens is 1. The van der Waals surface area contributed by atoms with Gasteiger partial charge in [0.1, 0.15) is 0 Å². The molecule has 0 saturated carbocycles. The van der Waals surface area contributed by atoms with Crippen molar-refractivity contribution in [2.75, 3.05) is 6.54 Å². The van der Waals surface area contributed by atoms with Crippen LogP contribution in [0.15, 0.2) is 54.6 Å². The molecule has 1 fully saturated rings. The van der Waals surface area contributed by atoms with Gasteiger partial charge in [0, 0.05) is 17.0 Å². The lowest BCUT2D eigenvalue weighted by Crippen LogP contribution is -2.31. The summed E-state index contributed by atoms with van der Waals surface area (Å²) < 4.78 is 0. The molecule has 1 saturated heterocycles. The maximum atomic E-state index is 13.2. The Labute approximate surface area is 152 Å². The molecule has 1 amide bonds. The molecule has 3 aromatic rings. The highest BCUT2D eigenvalue weighted by Gasteiger charge is 2.31. The van der Waals surface area contributed by atoms with Crippen LogP contribution in [0.1, 0.15) is 40.5 Å². The molecular formula is C21H19ClN2O. The highest BCUT2D eigenvalue weighted by atomic mass is 35.5. The normalized spacial score (nSPS) is 17.2. The van der Waals surface area contributed by atoms with Crippen LogP contribution in [0, 0.1) is 6.92 Å². The second kappa shape index (κ2) is 6.49. The molecule has 4 rings (SSSR count). The smallest absolute Gasteiger partial charge is 0.256 e. The molecule has 4 heteroatoms. The molecule has 1 aromatic heterocycles. The largest absolute Gasteiger partial charge is 0.332 e. The number of nitrogens with zero attached hydrogens (tertiary/aromatic N) is 2. The van der Waals surface area contributed by atoms with Crippen LogP contribution in [0.2, 0.25) is 5.02 Å². The number of carbonyl (C=O) groups excluding carboxylic acids is 1. The SMILES string of the molecule is Cc1nc2ccc(Cl)cc2cc1C(=O)N1CCC[C@@H]1c1ccccc1. The molecule has 0 bridgehead atoms. The van der Waals surface area contributed by atoms with E-state index in [4.69, 9.17) is 11.6 Å². The fourth-order valence-electron chi connectivity index (χ4n) is 3.65. The highest BCUT2D eigenvalue weighted by molar-refractivity contribution is 6.31. The van der Waals surface area contributed by atoms with E-state index < -0.39 is 0 Å². The number of benzene rings is 2. The van der Waals surface area contributed by atoms with Crippen LogP contribution in [0.3, 0.4) is 0 Å². The molecule has 126 valence electrons. The number of amides is 1. The maximum absolute atomic E-state index is 13.2. The number of fused-ring (bicyclic) bond motifs is 1. The molecule has 0 N–H and O–H groups in total. The van der Waals surface area contributed by atoms with Gasteiger partial charge in [0.15, 0.2) is 0 Å². The van der Waals surface area contributed by atoms with Gasteiger partial charge in [-0.05, 0) is 49.6 Å². The van der Waals surface area contributed by atoms with Crippen molar-refractivity contribution in [1.29, 1.82) is 0 Å². The van der Waals surface area contributed by atoms with Crippen molar-refractivity contribution in [3.8, 4) is 0 Å². The van der Waals surface area contributed by atoms with Crippen LogP contribution in [-0.2, 0) is 0 Å². The Hall–Kier alpha value is -2.39. The van der Waals surface area contributed by atoms with Gasteiger partial charge in [-0.15, -0.1) is 0 Å². The number of aryl methyl sites for hydroxylation is 1. The second-order valence-electron chi connectivity index (χ2n) is 6.53. The molecule has 0 unspecified atom stereocenters. The van der Waals surface area contributed by atoms with Crippen LogP contribution in [0.4, 0.5) is 0 Å². The first-order valence-corrected chi connectivity index (χ1v) is 8.94. The summed E-state index contributed by atoms with van der Waals surface area (Å²) in [6, 6.07) is 17.9. The lowest BCUT2D eigenvalue weighted by molar-refractivity contribution is 0.0734. The first-order valence-electron chi connectivity index (χ1n) is 8.56. The van der Waals surface area contributed by atoms with Gasteiger partial charge in [-0.2, -0.15) is 0 Å². The Kier molecular flexibility index (Phi) is 4.18. The Morgan fingerprint density at radius 3 is 2.76 bits per heavy atom. The number of likely N-dealkylation sites (tertiary alicyclic amines) is 1. The van der Waals surface area contributed by atoms with E-state index in [0.717, 1.165) is 36.0 Å². The lowest BCUT2D eigenvalue weighted by Gasteiger charge is -2.26. The summed E-state index contributed by atoms with van der Waals surface area (Å²) in [5.41, 5.74) is 3.48. The van der Waals surface area contributed by atoms with Gasteiger partial charge >= 0.3 is 0 Å². The number of hydrogen-bond donors (Lipinski definition) is 0. The van der Waals surface area contributed by atoms with E-state index in [9.17, 15) is 4.79 Å². The van der Waals surface area contributed by atoms with Gasteiger partial charge < -0.3 is 4.90 Å². The van der Waals surface area contributed by atoms with Crippen LogP contribution >= 0.6 is 11.6 Å². The average molecular weight is 351 g/mol. The summed E-state index contributed by atoms with van der Waals surface area (Å²) >= 11 is 6.10. The van der Waals surface area contributed by atoms with Crippen molar-refractivity contribution in [3.05, 3.63) is 76.4 Å². The van der Waals surface area contributed by atoms with E-state index in [2.05, 4.69) is 17.1 Å².